The fourth-order valence-corrected chi connectivity index (χ4v) is 0.833. The third-order valence-electron chi connectivity index (χ3n) is 1.41. The summed E-state index contributed by atoms with van der Waals surface area (Å²) >= 11 is 0. The molecule has 74 valence electrons. The van der Waals surface area contributed by atoms with Crippen molar-refractivity contribution in [3.63, 3.8) is 0 Å². The molecule has 0 aliphatic rings. The summed E-state index contributed by atoms with van der Waals surface area (Å²) in [5.74, 6) is -1.49. The van der Waals surface area contributed by atoms with Gasteiger partial charge in [0.15, 0.2) is 11.6 Å². The topological polar surface area (TPSA) is 58.0 Å². The highest BCUT2D eigenvalue weighted by molar-refractivity contribution is 5.24. The van der Waals surface area contributed by atoms with Crippen LogP contribution in [0.3, 0.4) is 0 Å². The first-order valence-electron chi connectivity index (χ1n) is 3.83. The minimum atomic E-state index is -0.772. The van der Waals surface area contributed by atoms with Gasteiger partial charge in [-0.15, -0.1) is 0 Å². The maximum absolute atomic E-state index is 12.9. The number of hydrogen-bond donors (Lipinski definition) is 0. The van der Waals surface area contributed by atoms with Gasteiger partial charge in [-0.05, 0) is 17.7 Å². The van der Waals surface area contributed by atoms with Crippen LogP contribution in [0.1, 0.15) is 0 Å². The molecule has 0 amide bonds. The predicted octanol–water partition coefficient (Wildman–Crippen LogP) is 2.65. The molecule has 0 saturated heterocycles. The molecule has 0 bridgehead atoms. The Morgan fingerprint density at radius 1 is 1.43 bits per heavy atom. The first-order chi connectivity index (χ1) is 6.74. The van der Waals surface area contributed by atoms with Crippen LogP contribution in [0.2, 0.25) is 0 Å². The van der Waals surface area contributed by atoms with Crippen molar-refractivity contribution in [1.82, 2.24) is 0 Å². The second-order valence-corrected chi connectivity index (χ2v) is 2.38. The van der Waals surface area contributed by atoms with Crippen LogP contribution in [0, 0.1) is 11.6 Å². The van der Waals surface area contributed by atoms with Crippen LogP contribution in [0.4, 0.5) is 8.78 Å². The Kier molecular flexibility index (Phi) is 3.69. The molecule has 0 aliphatic carbocycles. The van der Waals surface area contributed by atoms with Crippen molar-refractivity contribution >= 4 is 0 Å². The van der Waals surface area contributed by atoms with Crippen molar-refractivity contribution < 1.29 is 13.5 Å². The molecule has 1 aromatic rings. The van der Waals surface area contributed by atoms with Gasteiger partial charge in [-0.25, -0.2) is 8.78 Å². The maximum atomic E-state index is 12.9. The van der Waals surface area contributed by atoms with E-state index in [9.17, 15) is 8.78 Å². The third kappa shape index (κ3) is 2.91. The fourth-order valence-electron chi connectivity index (χ4n) is 0.833. The van der Waals surface area contributed by atoms with Crippen LogP contribution in [0.15, 0.2) is 23.3 Å². The summed E-state index contributed by atoms with van der Waals surface area (Å²) in [4.78, 5) is 2.49. The van der Waals surface area contributed by atoms with Crippen molar-refractivity contribution in [2.75, 3.05) is 13.2 Å². The van der Waals surface area contributed by atoms with Crippen LogP contribution in [-0.4, -0.2) is 13.2 Å². The first-order valence-corrected chi connectivity index (χ1v) is 3.83. The largest absolute Gasteiger partial charge is 0.490 e. The lowest BCUT2D eigenvalue weighted by Gasteiger charge is -2.04. The molecular weight excluding hydrogens is 192 g/mol. The molecule has 0 aliphatic heterocycles. The number of azide groups is 1. The Balaban J connectivity index is 2.54. The van der Waals surface area contributed by atoms with Crippen LogP contribution >= 0.6 is 0 Å². The molecular formula is C8H7F2N3O. The normalized spacial score (nSPS) is 9.29. The van der Waals surface area contributed by atoms with Gasteiger partial charge in [0, 0.05) is 11.0 Å². The zero-order valence-electron chi connectivity index (χ0n) is 7.15. The molecule has 14 heavy (non-hydrogen) atoms. The molecule has 0 saturated carbocycles. The molecule has 0 fully saturated rings. The molecule has 0 atom stereocenters. The Labute approximate surface area is 78.7 Å². The summed E-state index contributed by atoms with van der Waals surface area (Å²) in [5, 5.41) is 3.19. The molecule has 0 N–H and O–H groups in total. The lowest BCUT2D eigenvalue weighted by molar-refractivity contribution is 0.310. The molecule has 1 rings (SSSR count). The average molecular weight is 199 g/mol. The van der Waals surface area contributed by atoms with E-state index in [-0.39, 0.29) is 18.9 Å². The van der Waals surface area contributed by atoms with E-state index in [4.69, 9.17) is 10.3 Å². The molecule has 0 heterocycles. The SMILES string of the molecule is [N-]=[N+]=NCCOc1ccc(F)cc1F. The Bertz CT molecular complexity index is 364. The number of ether oxygens (including phenoxy) is 1. The van der Waals surface area contributed by atoms with Crippen molar-refractivity contribution in [3.05, 3.63) is 40.3 Å². The molecule has 6 heteroatoms. The van der Waals surface area contributed by atoms with Crippen LogP contribution in [0.25, 0.3) is 10.4 Å². The summed E-state index contributed by atoms with van der Waals surface area (Å²) in [6.45, 7) is 0.167. The highest BCUT2D eigenvalue weighted by Crippen LogP contribution is 2.17. The summed E-state index contributed by atoms with van der Waals surface area (Å²) in [6, 6.07) is 3.00. The first kappa shape index (κ1) is 10.3. The standard InChI is InChI=1S/C8H7F2N3O/c9-6-1-2-8(7(10)5-6)14-4-3-12-13-11/h1-2,5H,3-4H2. The van der Waals surface area contributed by atoms with E-state index in [1.165, 1.54) is 6.07 Å². The van der Waals surface area contributed by atoms with Gasteiger partial charge in [-0.1, -0.05) is 5.11 Å². The van der Waals surface area contributed by atoms with Crippen molar-refractivity contribution in [1.29, 1.82) is 0 Å². The number of benzene rings is 1. The van der Waals surface area contributed by atoms with Crippen LogP contribution in [0.5, 0.6) is 5.75 Å². The van der Waals surface area contributed by atoms with E-state index < -0.39 is 11.6 Å². The van der Waals surface area contributed by atoms with E-state index in [1.54, 1.807) is 0 Å². The lowest BCUT2D eigenvalue weighted by Crippen LogP contribution is -2.01. The molecule has 0 radical (unpaired) electrons. The van der Waals surface area contributed by atoms with Crippen molar-refractivity contribution in [3.8, 4) is 5.75 Å². The minimum absolute atomic E-state index is 0.0560. The van der Waals surface area contributed by atoms with E-state index in [0.29, 0.717) is 0 Å². The van der Waals surface area contributed by atoms with Crippen molar-refractivity contribution in [2.45, 2.75) is 0 Å². The van der Waals surface area contributed by atoms with Gasteiger partial charge >= 0.3 is 0 Å². The molecule has 0 spiro atoms. The van der Waals surface area contributed by atoms with Gasteiger partial charge in [-0.3, -0.25) is 0 Å². The van der Waals surface area contributed by atoms with Gasteiger partial charge in [0.05, 0.1) is 13.2 Å². The summed E-state index contributed by atoms with van der Waals surface area (Å²) in [6.07, 6.45) is 0. The van der Waals surface area contributed by atoms with Crippen molar-refractivity contribution in [2.24, 2.45) is 5.11 Å². The van der Waals surface area contributed by atoms with E-state index >= 15 is 0 Å². The Morgan fingerprint density at radius 3 is 2.86 bits per heavy atom. The van der Waals surface area contributed by atoms with Crippen LogP contribution in [-0.2, 0) is 0 Å². The van der Waals surface area contributed by atoms with Gasteiger partial charge in [0.2, 0.25) is 0 Å². The Morgan fingerprint density at radius 2 is 2.21 bits per heavy atom. The number of nitrogens with zero attached hydrogens (tertiary/aromatic N) is 3. The summed E-state index contributed by atoms with van der Waals surface area (Å²) in [5.41, 5.74) is 7.93. The van der Waals surface area contributed by atoms with E-state index in [1.807, 2.05) is 0 Å². The average Bonchev–Trinajstić information content (AvgIpc) is 2.15. The number of hydrogen-bond acceptors (Lipinski definition) is 2. The van der Waals surface area contributed by atoms with Crippen LogP contribution < -0.4 is 4.74 Å². The quantitative estimate of drug-likeness (QED) is 0.318. The van der Waals surface area contributed by atoms with Gasteiger partial charge in [-0.2, -0.15) is 0 Å². The number of rotatable bonds is 4. The second kappa shape index (κ2) is 5.04. The minimum Gasteiger partial charge on any atom is -0.490 e. The zero-order valence-corrected chi connectivity index (χ0v) is 7.15. The number of halogens is 2. The Hall–Kier alpha value is -1.81. The van der Waals surface area contributed by atoms with E-state index in [2.05, 4.69) is 10.0 Å². The summed E-state index contributed by atoms with van der Waals surface area (Å²) in [7, 11) is 0. The molecule has 1 aromatic carbocycles. The van der Waals surface area contributed by atoms with Gasteiger partial charge in [0.25, 0.3) is 0 Å². The van der Waals surface area contributed by atoms with Gasteiger partial charge < -0.3 is 4.74 Å². The second-order valence-electron chi connectivity index (χ2n) is 2.38. The highest BCUT2D eigenvalue weighted by atomic mass is 19.1. The lowest BCUT2D eigenvalue weighted by atomic mass is 10.3. The maximum Gasteiger partial charge on any atom is 0.167 e. The summed E-state index contributed by atoms with van der Waals surface area (Å²) < 4.78 is 30.2. The fraction of sp³-hybridized carbons (Fsp3) is 0.250. The van der Waals surface area contributed by atoms with Gasteiger partial charge in [0.1, 0.15) is 5.82 Å². The van der Waals surface area contributed by atoms with E-state index in [0.717, 1.165) is 12.1 Å². The predicted molar refractivity (Wildman–Crippen MR) is 45.9 cm³/mol. The molecule has 0 unspecified atom stereocenters. The monoisotopic (exact) mass is 199 g/mol. The zero-order chi connectivity index (χ0) is 10.4. The molecule has 4 nitrogen and oxygen atoms in total. The third-order valence-corrected chi connectivity index (χ3v) is 1.41. The highest BCUT2D eigenvalue weighted by Gasteiger charge is 2.03. The smallest absolute Gasteiger partial charge is 0.167 e. The molecule has 0 aromatic heterocycles.